The van der Waals surface area contributed by atoms with Gasteiger partial charge in [-0.05, 0) is 52.6 Å². The summed E-state index contributed by atoms with van der Waals surface area (Å²) in [7, 11) is 0. The lowest BCUT2D eigenvalue weighted by Crippen LogP contribution is -1.89. The molecule has 0 heteroatoms. The van der Waals surface area contributed by atoms with Gasteiger partial charge in [0.15, 0.2) is 0 Å². The quantitative estimate of drug-likeness (QED) is 0.560. The van der Waals surface area contributed by atoms with E-state index in [1.807, 2.05) is 0 Å². The molecule has 1 aliphatic rings. The molecule has 0 saturated carbocycles. The summed E-state index contributed by atoms with van der Waals surface area (Å²) in [6, 6.07) is 13.6. The van der Waals surface area contributed by atoms with Crippen LogP contribution in [0.2, 0.25) is 0 Å². The Balaban J connectivity index is 2.16. The van der Waals surface area contributed by atoms with Crippen molar-refractivity contribution in [2.75, 3.05) is 0 Å². The fourth-order valence-electron chi connectivity index (χ4n) is 2.76. The van der Waals surface area contributed by atoms with Gasteiger partial charge in [0.1, 0.15) is 0 Å². The number of benzene rings is 2. The van der Waals surface area contributed by atoms with Crippen LogP contribution in [0, 0.1) is 6.92 Å². The summed E-state index contributed by atoms with van der Waals surface area (Å²) in [6.45, 7) is 6.73. The minimum absolute atomic E-state index is 0.616. The molecule has 0 fully saturated rings. The molecular weight excluding hydrogens is 204 g/mol. The van der Waals surface area contributed by atoms with Crippen molar-refractivity contribution >= 4 is 0 Å². The zero-order valence-electron chi connectivity index (χ0n) is 10.7. The first kappa shape index (κ1) is 10.6. The van der Waals surface area contributed by atoms with Crippen molar-refractivity contribution in [2.45, 2.75) is 33.1 Å². The van der Waals surface area contributed by atoms with Crippen molar-refractivity contribution in [3.8, 4) is 11.1 Å². The highest BCUT2D eigenvalue weighted by atomic mass is 14.2. The van der Waals surface area contributed by atoms with Crippen LogP contribution in [0.25, 0.3) is 11.1 Å². The SMILES string of the molecule is Cc1cccc2c1Cc1cc(C(C)C)ccc1-2. The fraction of sp³-hybridized carbons (Fsp3) is 0.294. The van der Waals surface area contributed by atoms with Crippen LogP contribution in [0.3, 0.4) is 0 Å². The average molecular weight is 222 g/mol. The van der Waals surface area contributed by atoms with Crippen LogP contribution in [0.5, 0.6) is 0 Å². The summed E-state index contributed by atoms with van der Waals surface area (Å²) >= 11 is 0. The van der Waals surface area contributed by atoms with Crippen LogP contribution in [-0.2, 0) is 6.42 Å². The Morgan fingerprint density at radius 2 is 1.82 bits per heavy atom. The molecule has 0 nitrogen and oxygen atoms in total. The maximum atomic E-state index is 2.39. The molecule has 0 unspecified atom stereocenters. The minimum atomic E-state index is 0.616. The Labute approximate surface area is 103 Å². The van der Waals surface area contributed by atoms with E-state index in [9.17, 15) is 0 Å². The van der Waals surface area contributed by atoms with Gasteiger partial charge in [-0.3, -0.25) is 0 Å². The number of fused-ring (bicyclic) bond motifs is 3. The first-order chi connectivity index (χ1) is 8.16. The summed E-state index contributed by atoms with van der Waals surface area (Å²) in [4.78, 5) is 0. The topological polar surface area (TPSA) is 0 Å². The van der Waals surface area contributed by atoms with Gasteiger partial charge < -0.3 is 0 Å². The number of hydrogen-bond acceptors (Lipinski definition) is 0. The molecule has 0 saturated heterocycles. The van der Waals surface area contributed by atoms with Crippen LogP contribution in [-0.4, -0.2) is 0 Å². The van der Waals surface area contributed by atoms with Crippen LogP contribution in [0.4, 0.5) is 0 Å². The summed E-state index contributed by atoms with van der Waals surface area (Å²) < 4.78 is 0. The van der Waals surface area contributed by atoms with Gasteiger partial charge in [0.05, 0.1) is 0 Å². The van der Waals surface area contributed by atoms with E-state index in [2.05, 4.69) is 57.2 Å². The van der Waals surface area contributed by atoms with E-state index in [0.29, 0.717) is 5.92 Å². The molecule has 0 heterocycles. The second kappa shape index (κ2) is 3.73. The van der Waals surface area contributed by atoms with E-state index in [1.165, 1.54) is 33.4 Å². The molecule has 0 bridgehead atoms. The highest BCUT2D eigenvalue weighted by Crippen LogP contribution is 2.39. The molecule has 17 heavy (non-hydrogen) atoms. The Morgan fingerprint density at radius 1 is 1.00 bits per heavy atom. The Morgan fingerprint density at radius 3 is 2.59 bits per heavy atom. The molecule has 0 aliphatic heterocycles. The normalized spacial score (nSPS) is 12.7. The number of rotatable bonds is 1. The third-order valence-corrected chi connectivity index (χ3v) is 3.86. The maximum absolute atomic E-state index is 2.39. The molecule has 0 atom stereocenters. The molecule has 0 amide bonds. The number of hydrogen-bond donors (Lipinski definition) is 0. The van der Waals surface area contributed by atoms with Gasteiger partial charge in [-0.25, -0.2) is 0 Å². The highest BCUT2D eigenvalue weighted by molar-refractivity contribution is 5.78. The van der Waals surface area contributed by atoms with Crippen LogP contribution < -0.4 is 0 Å². The molecule has 0 spiro atoms. The first-order valence-electron chi connectivity index (χ1n) is 6.38. The molecular formula is C17H18. The smallest absolute Gasteiger partial charge is 0.00107 e. The van der Waals surface area contributed by atoms with E-state index in [1.54, 1.807) is 0 Å². The Hall–Kier alpha value is -1.56. The Bertz CT molecular complexity index is 577. The van der Waals surface area contributed by atoms with Crippen molar-refractivity contribution in [1.82, 2.24) is 0 Å². The second-order valence-corrected chi connectivity index (χ2v) is 5.35. The van der Waals surface area contributed by atoms with E-state index in [4.69, 9.17) is 0 Å². The van der Waals surface area contributed by atoms with Gasteiger partial charge >= 0.3 is 0 Å². The maximum Gasteiger partial charge on any atom is -0.00107 e. The molecule has 2 aromatic rings. The van der Waals surface area contributed by atoms with Gasteiger partial charge in [-0.15, -0.1) is 0 Å². The van der Waals surface area contributed by atoms with E-state index in [0.717, 1.165) is 6.42 Å². The summed E-state index contributed by atoms with van der Waals surface area (Å²) in [6.07, 6.45) is 1.11. The van der Waals surface area contributed by atoms with Gasteiger partial charge in [-0.2, -0.15) is 0 Å². The fourth-order valence-corrected chi connectivity index (χ4v) is 2.76. The highest BCUT2D eigenvalue weighted by Gasteiger charge is 2.19. The lowest BCUT2D eigenvalue weighted by Gasteiger charge is -2.08. The minimum Gasteiger partial charge on any atom is -0.0614 e. The Kier molecular flexibility index (Phi) is 2.32. The summed E-state index contributed by atoms with van der Waals surface area (Å²) in [5, 5.41) is 0. The lowest BCUT2D eigenvalue weighted by atomic mass is 9.97. The predicted molar refractivity (Wildman–Crippen MR) is 73.5 cm³/mol. The molecule has 0 aromatic heterocycles. The number of aryl methyl sites for hydroxylation is 1. The van der Waals surface area contributed by atoms with Crippen LogP contribution >= 0.6 is 0 Å². The second-order valence-electron chi connectivity index (χ2n) is 5.35. The lowest BCUT2D eigenvalue weighted by molar-refractivity contribution is 0.864. The standard InChI is InChI=1S/C17H18/c1-11(2)13-7-8-15-14(9-13)10-17-12(3)5-4-6-16(15)17/h4-9,11H,10H2,1-3H3. The van der Waals surface area contributed by atoms with Crippen LogP contribution in [0.1, 0.15) is 42.0 Å². The summed E-state index contributed by atoms with van der Waals surface area (Å²) in [5.41, 5.74) is 8.77. The van der Waals surface area contributed by atoms with Crippen molar-refractivity contribution in [1.29, 1.82) is 0 Å². The van der Waals surface area contributed by atoms with Gasteiger partial charge in [-0.1, -0.05) is 50.2 Å². The van der Waals surface area contributed by atoms with E-state index < -0.39 is 0 Å². The van der Waals surface area contributed by atoms with Crippen molar-refractivity contribution in [3.05, 3.63) is 58.7 Å². The third-order valence-electron chi connectivity index (χ3n) is 3.86. The zero-order chi connectivity index (χ0) is 12.0. The molecule has 2 aromatic carbocycles. The average Bonchev–Trinajstić information content (AvgIpc) is 2.68. The van der Waals surface area contributed by atoms with Crippen molar-refractivity contribution < 1.29 is 0 Å². The van der Waals surface area contributed by atoms with Crippen molar-refractivity contribution in [3.63, 3.8) is 0 Å². The molecule has 1 aliphatic carbocycles. The molecule has 0 N–H and O–H groups in total. The van der Waals surface area contributed by atoms with Gasteiger partial charge in [0.2, 0.25) is 0 Å². The largest absolute Gasteiger partial charge is 0.0614 e. The molecule has 0 radical (unpaired) electrons. The van der Waals surface area contributed by atoms with Crippen LogP contribution in [0.15, 0.2) is 36.4 Å². The zero-order valence-corrected chi connectivity index (χ0v) is 10.7. The monoisotopic (exact) mass is 222 g/mol. The van der Waals surface area contributed by atoms with Gasteiger partial charge in [0, 0.05) is 0 Å². The summed E-state index contributed by atoms with van der Waals surface area (Å²) in [5.74, 6) is 0.616. The molecule has 3 rings (SSSR count). The molecule has 86 valence electrons. The first-order valence-corrected chi connectivity index (χ1v) is 6.38. The van der Waals surface area contributed by atoms with E-state index >= 15 is 0 Å². The predicted octanol–water partition coefficient (Wildman–Crippen LogP) is 4.69. The van der Waals surface area contributed by atoms with Crippen molar-refractivity contribution in [2.24, 2.45) is 0 Å². The third kappa shape index (κ3) is 1.59. The van der Waals surface area contributed by atoms with E-state index in [-0.39, 0.29) is 0 Å². The van der Waals surface area contributed by atoms with Gasteiger partial charge in [0.25, 0.3) is 0 Å².